The first kappa shape index (κ1) is 13.0. The van der Waals surface area contributed by atoms with Gasteiger partial charge in [0.25, 0.3) is 0 Å². The Hall–Kier alpha value is -1.07. The van der Waals surface area contributed by atoms with Crippen molar-refractivity contribution >= 4 is 28.5 Å². The van der Waals surface area contributed by atoms with Crippen molar-refractivity contribution in [3.63, 3.8) is 0 Å². The van der Waals surface area contributed by atoms with Crippen molar-refractivity contribution in [3.05, 3.63) is 24.3 Å². The number of halogens is 1. The van der Waals surface area contributed by atoms with Gasteiger partial charge in [-0.2, -0.15) is 0 Å². The number of hydrogen-bond donors (Lipinski definition) is 1. The molecule has 5 heteroatoms. The van der Waals surface area contributed by atoms with E-state index in [9.17, 15) is 0 Å². The van der Waals surface area contributed by atoms with Crippen LogP contribution >= 0.6 is 17.0 Å². The Morgan fingerprint density at radius 3 is 2.62 bits per heavy atom. The molecule has 1 aliphatic heterocycles. The van der Waals surface area contributed by atoms with Gasteiger partial charge >= 0.3 is 0 Å². The van der Waals surface area contributed by atoms with Gasteiger partial charge in [-0.25, -0.2) is 0 Å². The second kappa shape index (κ2) is 6.50. The number of rotatable bonds is 2. The van der Waals surface area contributed by atoms with E-state index in [0.29, 0.717) is 13.2 Å². The maximum atomic E-state index is 5.28. The number of methoxy groups -OCH3 is 1. The molecule has 88 valence electrons. The third-order valence-electron chi connectivity index (χ3n) is 2.16. The Balaban J connectivity index is 0.00000128. The monoisotopic (exact) mass is 286 g/mol. The molecule has 0 atom stereocenters. The van der Waals surface area contributed by atoms with Gasteiger partial charge in [-0.1, -0.05) is 0 Å². The number of anilines is 1. The van der Waals surface area contributed by atoms with E-state index in [1.807, 2.05) is 24.3 Å². The topological polar surface area (TPSA) is 42.8 Å². The van der Waals surface area contributed by atoms with Crippen LogP contribution in [0.3, 0.4) is 0 Å². The SMILES string of the molecule is Br.COc1ccc(NC2=NCCOC2)cc1. The molecule has 0 saturated carbocycles. The van der Waals surface area contributed by atoms with E-state index in [-0.39, 0.29) is 17.0 Å². The minimum absolute atomic E-state index is 0. The summed E-state index contributed by atoms with van der Waals surface area (Å²) in [5, 5.41) is 3.20. The summed E-state index contributed by atoms with van der Waals surface area (Å²) in [4.78, 5) is 4.32. The van der Waals surface area contributed by atoms with Gasteiger partial charge < -0.3 is 14.8 Å². The van der Waals surface area contributed by atoms with Crippen molar-refractivity contribution in [2.75, 3.05) is 32.2 Å². The number of hydrogen-bond acceptors (Lipinski definition) is 4. The highest BCUT2D eigenvalue weighted by Gasteiger charge is 2.04. The first-order chi connectivity index (χ1) is 7.38. The lowest BCUT2D eigenvalue weighted by atomic mass is 10.3. The van der Waals surface area contributed by atoms with E-state index in [4.69, 9.17) is 9.47 Å². The van der Waals surface area contributed by atoms with E-state index in [1.165, 1.54) is 0 Å². The van der Waals surface area contributed by atoms with Crippen molar-refractivity contribution in [1.29, 1.82) is 0 Å². The Labute approximate surface area is 105 Å². The lowest BCUT2D eigenvalue weighted by Crippen LogP contribution is -2.24. The molecule has 0 saturated heterocycles. The number of amidine groups is 1. The summed E-state index contributed by atoms with van der Waals surface area (Å²) < 4.78 is 10.4. The fourth-order valence-corrected chi connectivity index (χ4v) is 1.38. The van der Waals surface area contributed by atoms with Gasteiger partial charge in [0.05, 0.1) is 20.3 Å². The zero-order valence-corrected chi connectivity index (χ0v) is 10.8. The summed E-state index contributed by atoms with van der Waals surface area (Å²) in [7, 11) is 1.65. The molecule has 0 bridgehead atoms. The van der Waals surface area contributed by atoms with E-state index < -0.39 is 0 Å². The normalized spacial score (nSPS) is 14.7. The van der Waals surface area contributed by atoms with Crippen LogP contribution in [0.1, 0.15) is 0 Å². The number of nitrogens with zero attached hydrogens (tertiary/aromatic N) is 1. The van der Waals surface area contributed by atoms with E-state index >= 15 is 0 Å². The molecule has 1 aliphatic rings. The van der Waals surface area contributed by atoms with Crippen LogP contribution in [0.4, 0.5) is 5.69 Å². The van der Waals surface area contributed by atoms with Crippen LogP contribution in [0.2, 0.25) is 0 Å². The molecule has 1 N–H and O–H groups in total. The Kier molecular flexibility index (Phi) is 5.28. The van der Waals surface area contributed by atoms with E-state index in [2.05, 4.69) is 10.3 Å². The van der Waals surface area contributed by atoms with Gasteiger partial charge in [0.15, 0.2) is 0 Å². The average Bonchev–Trinajstić information content (AvgIpc) is 2.31. The van der Waals surface area contributed by atoms with Crippen LogP contribution in [0.5, 0.6) is 5.75 Å². The molecule has 0 amide bonds. The third kappa shape index (κ3) is 3.50. The zero-order valence-electron chi connectivity index (χ0n) is 9.10. The predicted molar refractivity (Wildman–Crippen MR) is 70.1 cm³/mol. The number of benzene rings is 1. The van der Waals surface area contributed by atoms with Crippen molar-refractivity contribution in [2.45, 2.75) is 0 Å². The average molecular weight is 287 g/mol. The molecule has 0 fully saturated rings. The quantitative estimate of drug-likeness (QED) is 0.906. The second-order valence-corrected chi connectivity index (χ2v) is 3.23. The standard InChI is InChI=1S/C11H14N2O2.BrH/c1-14-10-4-2-9(3-5-10)13-11-8-15-7-6-12-11;/h2-5H,6-8H2,1H3,(H,12,13);1H. The number of aliphatic imine (C=N–C) groups is 1. The van der Waals surface area contributed by atoms with Crippen LogP contribution in [-0.2, 0) is 4.74 Å². The van der Waals surface area contributed by atoms with Gasteiger partial charge in [-0.3, -0.25) is 4.99 Å². The van der Waals surface area contributed by atoms with Crippen LogP contribution < -0.4 is 10.1 Å². The molecule has 0 unspecified atom stereocenters. The van der Waals surface area contributed by atoms with Gasteiger partial charge in [0, 0.05) is 5.69 Å². The predicted octanol–water partition coefficient (Wildman–Crippen LogP) is 2.11. The molecule has 1 aromatic rings. The molecule has 16 heavy (non-hydrogen) atoms. The Bertz CT molecular complexity index is 352. The van der Waals surface area contributed by atoms with Crippen LogP contribution in [-0.4, -0.2) is 32.7 Å². The fourth-order valence-electron chi connectivity index (χ4n) is 1.38. The lowest BCUT2D eigenvalue weighted by molar-refractivity contribution is 0.171. The van der Waals surface area contributed by atoms with Crippen LogP contribution in [0.15, 0.2) is 29.3 Å². The highest BCUT2D eigenvalue weighted by Crippen LogP contribution is 2.15. The molecule has 4 nitrogen and oxygen atoms in total. The molecule has 0 spiro atoms. The first-order valence-corrected chi connectivity index (χ1v) is 4.90. The first-order valence-electron chi connectivity index (χ1n) is 4.90. The Morgan fingerprint density at radius 1 is 1.31 bits per heavy atom. The molecular formula is C11H15BrN2O2. The largest absolute Gasteiger partial charge is 0.497 e. The highest BCUT2D eigenvalue weighted by molar-refractivity contribution is 8.93. The van der Waals surface area contributed by atoms with Crippen molar-refractivity contribution in [1.82, 2.24) is 0 Å². The van der Waals surface area contributed by atoms with Gasteiger partial charge in [0.1, 0.15) is 18.2 Å². The van der Waals surface area contributed by atoms with Gasteiger partial charge in [0.2, 0.25) is 0 Å². The highest BCUT2D eigenvalue weighted by atomic mass is 79.9. The zero-order chi connectivity index (χ0) is 10.5. The summed E-state index contributed by atoms with van der Waals surface area (Å²) in [5.74, 6) is 1.73. The molecule has 1 heterocycles. The van der Waals surface area contributed by atoms with E-state index in [0.717, 1.165) is 23.8 Å². The minimum Gasteiger partial charge on any atom is -0.497 e. The smallest absolute Gasteiger partial charge is 0.127 e. The maximum Gasteiger partial charge on any atom is 0.127 e. The maximum absolute atomic E-state index is 5.28. The summed E-state index contributed by atoms with van der Waals surface area (Å²) in [5.41, 5.74) is 1.00. The lowest BCUT2D eigenvalue weighted by Gasteiger charge is -2.14. The van der Waals surface area contributed by atoms with Crippen molar-refractivity contribution in [2.24, 2.45) is 4.99 Å². The number of nitrogens with one attached hydrogen (secondary N) is 1. The summed E-state index contributed by atoms with van der Waals surface area (Å²) >= 11 is 0. The summed E-state index contributed by atoms with van der Waals surface area (Å²) in [6.45, 7) is 2.01. The molecular weight excluding hydrogens is 272 g/mol. The van der Waals surface area contributed by atoms with E-state index in [1.54, 1.807) is 7.11 Å². The second-order valence-electron chi connectivity index (χ2n) is 3.23. The molecule has 1 aromatic carbocycles. The van der Waals surface area contributed by atoms with Crippen LogP contribution in [0.25, 0.3) is 0 Å². The number of ether oxygens (including phenoxy) is 2. The minimum atomic E-state index is 0. The fraction of sp³-hybridized carbons (Fsp3) is 0.364. The third-order valence-corrected chi connectivity index (χ3v) is 2.16. The summed E-state index contributed by atoms with van der Waals surface area (Å²) in [6.07, 6.45) is 0. The van der Waals surface area contributed by atoms with Gasteiger partial charge in [-0.15, -0.1) is 17.0 Å². The molecule has 2 rings (SSSR count). The van der Waals surface area contributed by atoms with Gasteiger partial charge in [-0.05, 0) is 24.3 Å². The van der Waals surface area contributed by atoms with Crippen molar-refractivity contribution < 1.29 is 9.47 Å². The molecule has 0 aliphatic carbocycles. The molecule has 0 aromatic heterocycles. The Morgan fingerprint density at radius 2 is 2.06 bits per heavy atom. The molecule has 0 radical (unpaired) electrons. The summed E-state index contributed by atoms with van der Waals surface area (Å²) in [6, 6.07) is 7.73. The van der Waals surface area contributed by atoms with Crippen molar-refractivity contribution in [3.8, 4) is 5.75 Å². The van der Waals surface area contributed by atoms with Crippen LogP contribution in [0, 0.1) is 0 Å².